The second-order valence-corrected chi connectivity index (χ2v) is 4.68. The lowest BCUT2D eigenvalue weighted by atomic mass is 10.2. The highest BCUT2D eigenvalue weighted by Crippen LogP contribution is 2.14. The highest BCUT2D eigenvalue weighted by Gasteiger charge is 2.07. The Labute approximate surface area is 113 Å². The minimum absolute atomic E-state index is 0.291. The van der Waals surface area contributed by atoms with Gasteiger partial charge in [-0.2, -0.15) is 5.10 Å². The number of nitrogens with zero attached hydrogens (tertiary/aromatic N) is 3. The van der Waals surface area contributed by atoms with E-state index in [1.165, 1.54) is 5.56 Å². The van der Waals surface area contributed by atoms with Crippen LogP contribution in [-0.4, -0.2) is 21.8 Å². The third-order valence-electron chi connectivity index (χ3n) is 2.81. The van der Waals surface area contributed by atoms with Crippen molar-refractivity contribution in [1.29, 1.82) is 0 Å². The monoisotopic (exact) mass is 260 g/mol. The van der Waals surface area contributed by atoms with Gasteiger partial charge in [-0.3, -0.25) is 0 Å². The van der Waals surface area contributed by atoms with Gasteiger partial charge in [0.2, 0.25) is 0 Å². The Morgan fingerprint density at radius 3 is 2.63 bits per heavy atom. The van der Waals surface area contributed by atoms with Crippen molar-refractivity contribution in [3.05, 3.63) is 42.0 Å². The van der Waals surface area contributed by atoms with Crippen molar-refractivity contribution in [2.75, 3.05) is 7.05 Å². The Morgan fingerprint density at radius 1 is 1.26 bits per heavy atom. The van der Waals surface area contributed by atoms with Crippen LogP contribution in [0.25, 0.3) is 0 Å². The van der Waals surface area contributed by atoms with Gasteiger partial charge in [-0.15, -0.1) is 0 Å². The summed E-state index contributed by atoms with van der Waals surface area (Å²) < 4.78 is 7.60. The zero-order chi connectivity index (χ0) is 13.7. The number of hydrogen-bond acceptors (Lipinski definition) is 4. The molecule has 0 spiro atoms. The molecular formula is C14H20N4O. The van der Waals surface area contributed by atoms with E-state index in [-0.39, 0.29) is 0 Å². The van der Waals surface area contributed by atoms with Gasteiger partial charge in [0.1, 0.15) is 18.7 Å². The van der Waals surface area contributed by atoms with E-state index >= 15 is 0 Å². The third kappa shape index (κ3) is 3.54. The highest BCUT2D eigenvalue weighted by molar-refractivity contribution is 5.27. The van der Waals surface area contributed by atoms with Crippen LogP contribution in [0.2, 0.25) is 0 Å². The molecule has 0 saturated heterocycles. The molecule has 0 bridgehead atoms. The number of aromatic nitrogens is 3. The molecular weight excluding hydrogens is 240 g/mol. The molecule has 5 nitrogen and oxygen atoms in total. The van der Waals surface area contributed by atoms with Crippen LogP contribution in [0.1, 0.15) is 31.3 Å². The van der Waals surface area contributed by atoms with Gasteiger partial charge in [0.05, 0.1) is 0 Å². The molecule has 0 aliphatic rings. The van der Waals surface area contributed by atoms with Crippen molar-refractivity contribution in [3.63, 3.8) is 0 Å². The summed E-state index contributed by atoms with van der Waals surface area (Å²) in [6.45, 7) is 5.45. The van der Waals surface area contributed by atoms with Crippen molar-refractivity contribution < 1.29 is 4.74 Å². The van der Waals surface area contributed by atoms with E-state index in [1.807, 2.05) is 23.9 Å². The van der Waals surface area contributed by atoms with Gasteiger partial charge in [0.15, 0.2) is 5.82 Å². The SMILES string of the molecule is CNCc1ccc(OCc2ncnn2C(C)C)cc1. The minimum atomic E-state index is 0.291. The summed E-state index contributed by atoms with van der Waals surface area (Å²) in [5.74, 6) is 1.69. The molecule has 0 amide bonds. The molecule has 1 aromatic carbocycles. The van der Waals surface area contributed by atoms with Crippen LogP contribution in [0, 0.1) is 0 Å². The van der Waals surface area contributed by atoms with Crippen LogP contribution >= 0.6 is 0 Å². The van der Waals surface area contributed by atoms with Crippen molar-refractivity contribution in [2.45, 2.75) is 33.0 Å². The standard InChI is InChI=1S/C14H20N4O/c1-11(2)18-14(16-10-17-18)9-19-13-6-4-12(5-7-13)8-15-3/h4-7,10-11,15H,8-9H2,1-3H3. The molecule has 1 heterocycles. The van der Waals surface area contributed by atoms with Crippen molar-refractivity contribution >= 4 is 0 Å². The van der Waals surface area contributed by atoms with Crippen LogP contribution in [-0.2, 0) is 13.2 Å². The second-order valence-electron chi connectivity index (χ2n) is 4.68. The maximum absolute atomic E-state index is 5.73. The molecule has 0 unspecified atom stereocenters. The molecule has 0 aliphatic carbocycles. The van der Waals surface area contributed by atoms with Crippen LogP contribution < -0.4 is 10.1 Å². The lowest BCUT2D eigenvalue weighted by molar-refractivity contribution is 0.282. The highest BCUT2D eigenvalue weighted by atomic mass is 16.5. The van der Waals surface area contributed by atoms with E-state index in [9.17, 15) is 0 Å². The molecule has 2 aromatic rings. The zero-order valence-corrected chi connectivity index (χ0v) is 11.6. The van der Waals surface area contributed by atoms with Gasteiger partial charge >= 0.3 is 0 Å². The number of nitrogens with one attached hydrogen (secondary N) is 1. The molecule has 0 fully saturated rings. The average molecular weight is 260 g/mol. The van der Waals surface area contributed by atoms with E-state index in [2.05, 4.69) is 41.4 Å². The molecule has 0 aliphatic heterocycles. The van der Waals surface area contributed by atoms with Crippen molar-refractivity contribution in [1.82, 2.24) is 20.1 Å². The Balaban J connectivity index is 1.96. The summed E-state index contributed by atoms with van der Waals surface area (Å²) >= 11 is 0. The number of hydrogen-bond donors (Lipinski definition) is 1. The van der Waals surface area contributed by atoms with E-state index in [0.717, 1.165) is 18.1 Å². The third-order valence-corrected chi connectivity index (χ3v) is 2.81. The minimum Gasteiger partial charge on any atom is -0.486 e. The Morgan fingerprint density at radius 2 is 2.00 bits per heavy atom. The topological polar surface area (TPSA) is 52.0 Å². The predicted octanol–water partition coefficient (Wildman–Crippen LogP) is 2.16. The predicted molar refractivity (Wildman–Crippen MR) is 73.9 cm³/mol. The van der Waals surface area contributed by atoms with E-state index < -0.39 is 0 Å². The normalized spacial score (nSPS) is 10.9. The number of benzene rings is 1. The van der Waals surface area contributed by atoms with Crippen molar-refractivity contribution in [3.8, 4) is 5.75 Å². The van der Waals surface area contributed by atoms with Gasteiger partial charge in [-0.1, -0.05) is 12.1 Å². The molecule has 0 radical (unpaired) electrons. The molecule has 5 heteroatoms. The summed E-state index contributed by atoms with van der Waals surface area (Å²) in [6, 6.07) is 8.35. The second kappa shape index (κ2) is 6.33. The Kier molecular flexibility index (Phi) is 4.52. The first-order chi connectivity index (χ1) is 9.20. The Bertz CT molecular complexity index is 504. The molecule has 0 saturated carbocycles. The van der Waals surface area contributed by atoms with Gasteiger partial charge in [0, 0.05) is 12.6 Å². The van der Waals surface area contributed by atoms with E-state index in [0.29, 0.717) is 12.6 Å². The molecule has 1 N–H and O–H groups in total. The van der Waals surface area contributed by atoms with Gasteiger partial charge < -0.3 is 10.1 Å². The molecule has 19 heavy (non-hydrogen) atoms. The molecule has 2 rings (SSSR count). The molecule has 1 aromatic heterocycles. The van der Waals surface area contributed by atoms with Crippen LogP contribution in [0.4, 0.5) is 0 Å². The van der Waals surface area contributed by atoms with E-state index in [4.69, 9.17) is 4.74 Å². The molecule has 0 atom stereocenters. The summed E-state index contributed by atoms with van der Waals surface area (Å²) in [7, 11) is 1.93. The lowest BCUT2D eigenvalue weighted by Gasteiger charge is -2.10. The fourth-order valence-corrected chi connectivity index (χ4v) is 1.86. The number of ether oxygens (including phenoxy) is 1. The Hall–Kier alpha value is -1.88. The summed E-state index contributed by atoms with van der Waals surface area (Å²) in [4.78, 5) is 4.22. The average Bonchev–Trinajstić information content (AvgIpc) is 2.87. The van der Waals surface area contributed by atoms with Gasteiger partial charge in [-0.25, -0.2) is 9.67 Å². The van der Waals surface area contributed by atoms with Crippen molar-refractivity contribution in [2.24, 2.45) is 0 Å². The quantitative estimate of drug-likeness (QED) is 0.864. The van der Waals surface area contributed by atoms with Gasteiger partial charge in [-0.05, 0) is 38.6 Å². The summed E-state index contributed by atoms with van der Waals surface area (Å²) in [6.07, 6.45) is 1.56. The fraction of sp³-hybridized carbons (Fsp3) is 0.429. The summed E-state index contributed by atoms with van der Waals surface area (Å²) in [5.41, 5.74) is 1.24. The first-order valence-corrected chi connectivity index (χ1v) is 6.45. The largest absolute Gasteiger partial charge is 0.486 e. The maximum atomic E-state index is 5.73. The fourth-order valence-electron chi connectivity index (χ4n) is 1.86. The lowest BCUT2D eigenvalue weighted by Crippen LogP contribution is -2.10. The maximum Gasteiger partial charge on any atom is 0.165 e. The molecule has 102 valence electrons. The first-order valence-electron chi connectivity index (χ1n) is 6.45. The van der Waals surface area contributed by atoms with Crippen LogP contribution in [0.15, 0.2) is 30.6 Å². The smallest absolute Gasteiger partial charge is 0.165 e. The van der Waals surface area contributed by atoms with Crippen LogP contribution in [0.3, 0.4) is 0 Å². The summed E-state index contributed by atoms with van der Waals surface area (Å²) in [5, 5.41) is 7.30. The number of rotatable bonds is 6. The van der Waals surface area contributed by atoms with E-state index in [1.54, 1.807) is 6.33 Å². The van der Waals surface area contributed by atoms with Gasteiger partial charge in [0.25, 0.3) is 0 Å². The van der Waals surface area contributed by atoms with Crippen LogP contribution in [0.5, 0.6) is 5.75 Å². The zero-order valence-electron chi connectivity index (χ0n) is 11.6. The first kappa shape index (κ1) is 13.5.